The van der Waals surface area contributed by atoms with Gasteiger partial charge in [-0.05, 0) is 18.4 Å². The Morgan fingerprint density at radius 1 is 1.79 bits per heavy atom. The first-order valence-corrected chi connectivity index (χ1v) is 5.49. The van der Waals surface area contributed by atoms with E-state index in [1.807, 2.05) is 17.5 Å². The number of carbonyl (C=O) groups is 1. The third-order valence-electron chi connectivity index (χ3n) is 1.72. The largest absolute Gasteiger partial charge is 0.392 e. The molecule has 1 aromatic heterocycles. The van der Waals surface area contributed by atoms with Gasteiger partial charge in [-0.15, -0.1) is 11.3 Å². The van der Waals surface area contributed by atoms with Crippen LogP contribution >= 0.6 is 23.6 Å². The minimum Gasteiger partial charge on any atom is -0.392 e. The lowest BCUT2D eigenvalue weighted by Crippen LogP contribution is -2.41. The van der Waals surface area contributed by atoms with Crippen molar-refractivity contribution in [3.8, 4) is 0 Å². The summed E-state index contributed by atoms with van der Waals surface area (Å²) in [5, 5.41) is 4.66. The summed E-state index contributed by atoms with van der Waals surface area (Å²) in [6.45, 7) is 1.77. The van der Waals surface area contributed by atoms with Crippen LogP contribution in [-0.2, 0) is 11.2 Å². The molecule has 1 heterocycles. The maximum Gasteiger partial charge on any atom is 0.225 e. The summed E-state index contributed by atoms with van der Waals surface area (Å²) in [5.74, 6) is -0.0484. The molecule has 3 N–H and O–H groups in total. The summed E-state index contributed by atoms with van der Waals surface area (Å²) < 4.78 is 0. The highest BCUT2D eigenvalue weighted by Crippen LogP contribution is 2.08. The number of amides is 1. The van der Waals surface area contributed by atoms with Crippen LogP contribution in [0.4, 0.5) is 0 Å². The van der Waals surface area contributed by atoms with Gasteiger partial charge in [-0.2, -0.15) is 0 Å². The lowest BCUT2D eigenvalue weighted by molar-refractivity contribution is -0.120. The van der Waals surface area contributed by atoms with Crippen LogP contribution in [0.2, 0.25) is 0 Å². The second-order valence-corrected chi connectivity index (χ2v) is 4.45. The maximum absolute atomic E-state index is 11.4. The number of nitrogens with one attached hydrogen (secondary N) is 1. The van der Waals surface area contributed by atoms with Gasteiger partial charge >= 0.3 is 0 Å². The van der Waals surface area contributed by atoms with Gasteiger partial charge in [0.15, 0.2) is 0 Å². The van der Waals surface area contributed by atoms with Crippen LogP contribution in [0, 0.1) is 0 Å². The molecule has 0 spiro atoms. The Balaban J connectivity index is 2.40. The number of carbonyl (C=O) groups excluding carboxylic acids is 1. The lowest BCUT2D eigenvalue weighted by Gasteiger charge is -2.11. The van der Waals surface area contributed by atoms with Gasteiger partial charge in [0.25, 0.3) is 0 Å². The average molecular weight is 228 g/mol. The Morgan fingerprint density at radius 2 is 2.50 bits per heavy atom. The number of thiophene rings is 1. The van der Waals surface area contributed by atoms with Crippen molar-refractivity contribution in [2.24, 2.45) is 5.73 Å². The van der Waals surface area contributed by atoms with Gasteiger partial charge in [0.2, 0.25) is 5.91 Å². The zero-order chi connectivity index (χ0) is 10.6. The van der Waals surface area contributed by atoms with Crippen molar-refractivity contribution in [1.82, 2.24) is 5.32 Å². The van der Waals surface area contributed by atoms with Gasteiger partial charge in [-0.25, -0.2) is 0 Å². The molecule has 1 aromatic rings. The van der Waals surface area contributed by atoms with Gasteiger partial charge in [-0.3, -0.25) is 4.79 Å². The number of hydrogen-bond acceptors (Lipinski definition) is 3. The molecule has 0 fully saturated rings. The zero-order valence-electron chi connectivity index (χ0n) is 7.82. The van der Waals surface area contributed by atoms with E-state index >= 15 is 0 Å². The van der Waals surface area contributed by atoms with E-state index in [4.69, 9.17) is 18.0 Å². The zero-order valence-corrected chi connectivity index (χ0v) is 9.45. The summed E-state index contributed by atoms with van der Waals surface area (Å²) in [6.07, 6.45) is 0.393. The molecule has 0 radical (unpaired) electrons. The fourth-order valence-electron chi connectivity index (χ4n) is 0.935. The molecule has 1 unspecified atom stereocenters. The minimum absolute atomic E-state index is 0.0484. The maximum atomic E-state index is 11.4. The van der Waals surface area contributed by atoms with Crippen LogP contribution in [0.1, 0.15) is 11.8 Å². The smallest absolute Gasteiger partial charge is 0.225 e. The van der Waals surface area contributed by atoms with Crippen molar-refractivity contribution in [1.29, 1.82) is 0 Å². The molecule has 0 bridgehead atoms. The molecule has 0 saturated carbocycles. The number of thiocarbonyl (C=S) groups is 1. The highest BCUT2D eigenvalue weighted by molar-refractivity contribution is 7.80. The molecular weight excluding hydrogens is 216 g/mol. The van der Waals surface area contributed by atoms with E-state index < -0.39 is 0 Å². The first-order chi connectivity index (χ1) is 6.59. The summed E-state index contributed by atoms with van der Waals surface area (Å²) in [6, 6.07) is 3.61. The normalized spacial score (nSPS) is 12.1. The molecular formula is C9H12N2OS2. The van der Waals surface area contributed by atoms with Crippen LogP contribution < -0.4 is 11.1 Å². The molecule has 76 valence electrons. The summed E-state index contributed by atoms with van der Waals surface area (Å²) in [7, 11) is 0. The summed E-state index contributed by atoms with van der Waals surface area (Å²) in [4.78, 5) is 12.8. The Kier molecular flexibility index (Phi) is 4.03. The molecule has 0 saturated heterocycles. The molecule has 5 heteroatoms. The first-order valence-electron chi connectivity index (χ1n) is 4.20. The number of nitrogens with two attached hydrogens (primary N) is 1. The molecule has 3 nitrogen and oxygen atoms in total. The highest BCUT2D eigenvalue weighted by atomic mass is 32.1. The van der Waals surface area contributed by atoms with Crippen LogP contribution in [0.25, 0.3) is 0 Å². The Labute approximate surface area is 92.3 Å². The third-order valence-corrected chi connectivity index (χ3v) is 2.95. The molecule has 0 aromatic carbocycles. The standard InChI is InChI=1S/C9H12N2OS2/c1-6(9(10)13)11-8(12)5-7-3-2-4-14-7/h2-4,6H,5H2,1H3,(H2,10,13)(H,11,12). The van der Waals surface area contributed by atoms with Gasteiger partial charge in [0, 0.05) is 4.88 Å². The third kappa shape index (κ3) is 3.43. The van der Waals surface area contributed by atoms with Gasteiger partial charge in [-0.1, -0.05) is 18.3 Å². The topological polar surface area (TPSA) is 55.1 Å². The molecule has 14 heavy (non-hydrogen) atoms. The Bertz CT molecular complexity index is 322. The van der Waals surface area contributed by atoms with Crippen LogP contribution in [0.3, 0.4) is 0 Å². The first kappa shape index (κ1) is 11.1. The fraction of sp³-hybridized carbons (Fsp3) is 0.333. The van der Waals surface area contributed by atoms with E-state index in [-0.39, 0.29) is 11.9 Å². The van der Waals surface area contributed by atoms with E-state index in [9.17, 15) is 4.79 Å². The van der Waals surface area contributed by atoms with Crippen molar-refractivity contribution in [2.75, 3.05) is 0 Å². The predicted molar refractivity (Wildman–Crippen MR) is 62.4 cm³/mol. The van der Waals surface area contributed by atoms with Crippen LogP contribution in [-0.4, -0.2) is 16.9 Å². The van der Waals surface area contributed by atoms with E-state index in [0.29, 0.717) is 11.4 Å². The Hall–Kier alpha value is -0.940. The quantitative estimate of drug-likeness (QED) is 0.758. The van der Waals surface area contributed by atoms with Gasteiger partial charge in [0.05, 0.1) is 17.5 Å². The average Bonchev–Trinajstić information content (AvgIpc) is 2.56. The number of hydrogen-bond donors (Lipinski definition) is 2. The van der Waals surface area contributed by atoms with Crippen molar-refractivity contribution < 1.29 is 4.79 Å². The van der Waals surface area contributed by atoms with Crippen molar-refractivity contribution >= 4 is 34.5 Å². The molecule has 0 aliphatic carbocycles. The molecule has 1 atom stereocenters. The molecule has 0 aliphatic rings. The lowest BCUT2D eigenvalue weighted by atomic mass is 10.3. The summed E-state index contributed by atoms with van der Waals surface area (Å²) in [5.41, 5.74) is 5.38. The SMILES string of the molecule is CC(NC(=O)Cc1cccs1)C(N)=S. The van der Waals surface area contributed by atoms with E-state index in [1.165, 1.54) is 0 Å². The van der Waals surface area contributed by atoms with Gasteiger partial charge in [0.1, 0.15) is 0 Å². The van der Waals surface area contributed by atoms with Crippen molar-refractivity contribution in [2.45, 2.75) is 19.4 Å². The number of rotatable bonds is 4. The summed E-state index contributed by atoms with van der Waals surface area (Å²) >= 11 is 6.31. The fourth-order valence-corrected chi connectivity index (χ4v) is 1.70. The van der Waals surface area contributed by atoms with Gasteiger partial charge < -0.3 is 11.1 Å². The van der Waals surface area contributed by atoms with E-state index in [0.717, 1.165) is 4.88 Å². The van der Waals surface area contributed by atoms with Crippen LogP contribution in [0.15, 0.2) is 17.5 Å². The van der Waals surface area contributed by atoms with E-state index in [2.05, 4.69) is 5.32 Å². The molecule has 0 aliphatic heterocycles. The Morgan fingerprint density at radius 3 is 3.00 bits per heavy atom. The van der Waals surface area contributed by atoms with Crippen molar-refractivity contribution in [3.63, 3.8) is 0 Å². The predicted octanol–water partition coefficient (Wildman–Crippen LogP) is 1.08. The monoisotopic (exact) mass is 228 g/mol. The van der Waals surface area contributed by atoms with Crippen LogP contribution in [0.5, 0.6) is 0 Å². The second-order valence-electron chi connectivity index (χ2n) is 2.95. The van der Waals surface area contributed by atoms with Crippen molar-refractivity contribution in [3.05, 3.63) is 22.4 Å². The van der Waals surface area contributed by atoms with E-state index in [1.54, 1.807) is 18.3 Å². The molecule has 1 amide bonds. The highest BCUT2D eigenvalue weighted by Gasteiger charge is 2.09. The minimum atomic E-state index is -0.238. The molecule has 1 rings (SSSR count). The second kappa shape index (κ2) is 5.07.